The predicted molar refractivity (Wildman–Crippen MR) is 55.2 cm³/mol. The van der Waals surface area contributed by atoms with Crippen molar-refractivity contribution >= 4 is 10.0 Å². The summed E-state index contributed by atoms with van der Waals surface area (Å²) in [5, 5.41) is 10.6. The maximum Gasteiger partial charge on any atom is 0.228 e. The van der Waals surface area contributed by atoms with Crippen LogP contribution in [-0.4, -0.2) is 33.3 Å². The molecule has 0 aromatic rings. The van der Waals surface area contributed by atoms with E-state index in [1.54, 1.807) is 13.0 Å². The van der Waals surface area contributed by atoms with Crippen LogP contribution in [0.25, 0.3) is 0 Å². The van der Waals surface area contributed by atoms with Crippen LogP contribution in [0.2, 0.25) is 0 Å². The van der Waals surface area contributed by atoms with Gasteiger partial charge in [0.05, 0.1) is 6.07 Å². The minimum Gasteiger partial charge on any atom is -0.316 e. The Balaban J connectivity index is 4.02. The van der Waals surface area contributed by atoms with E-state index in [-0.39, 0.29) is 0 Å². The van der Waals surface area contributed by atoms with Crippen molar-refractivity contribution in [1.29, 1.82) is 5.26 Å². The maximum absolute atomic E-state index is 11.4. The lowest BCUT2D eigenvalue weighted by atomic mass is 10.4. The van der Waals surface area contributed by atoms with Gasteiger partial charge in [0.25, 0.3) is 0 Å². The lowest BCUT2D eigenvalue weighted by molar-refractivity contribution is 0.569. The molecule has 1 atom stereocenters. The second kappa shape index (κ2) is 6.76. The summed E-state index contributed by atoms with van der Waals surface area (Å²) < 4.78 is 25.2. The number of sulfonamides is 1. The number of nitrogens with zero attached hydrogens (tertiary/aromatic N) is 1. The molecular weight excluding hydrogens is 202 g/mol. The van der Waals surface area contributed by atoms with Gasteiger partial charge in [0, 0.05) is 13.1 Å². The number of hydrogen-bond donors (Lipinski definition) is 2. The van der Waals surface area contributed by atoms with Crippen LogP contribution in [0.1, 0.15) is 20.3 Å². The van der Waals surface area contributed by atoms with E-state index in [4.69, 9.17) is 5.26 Å². The Morgan fingerprint density at radius 2 is 2.00 bits per heavy atom. The van der Waals surface area contributed by atoms with Gasteiger partial charge in [-0.25, -0.2) is 13.1 Å². The quantitative estimate of drug-likeness (QED) is 0.582. The Morgan fingerprint density at radius 3 is 2.43 bits per heavy atom. The van der Waals surface area contributed by atoms with E-state index >= 15 is 0 Å². The van der Waals surface area contributed by atoms with Gasteiger partial charge >= 0.3 is 0 Å². The summed E-state index contributed by atoms with van der Waals surface area (Å²) in [7, 11) is -3.45. The first-order valence-electron chi connectivity index (χ1n) is 4.67. The molecular formula is C8H17N3O2S. The third kappa shape index (κ3) is 4.56. The molecule has 0 amide bonds. The number of nitrogens with one attached hydrogen (secondary N) is 2. The monoisotopic (exact) mass is 219 g/mol. The molecule has 2 N–H and O–H groups in total. The molecule has 0 aliphatic heterocycles. The predicted octanol–water partition coefficient (Wildman–Crippen LogP) is -0.183. The summed E-state index contributed by atoms with van der Waals surface area (Å²) >= 11 is 0. The second-order valence-corrected chi connectivity index (χ2v) is 4.77. The van der Waals surface area contributed by atoms with Crippen molar-refractivity contribution in [1.82, 2.24) is 10.0 Å². The molecule has 0 rings (SSSR count). The van der Waals surface area contributed by atoms with Gasteiger partial charge in [0.15, 0.2) is 5.25 Å². The molecule has 82 valence electrons. The Morgan fingerprint density at radius 1 is 1.36 bits per heavy atom. The van der Waals surface area contributed by atoms with E-state index in [1.807, 2.05) is 6.92 Å². The minimum atomic E-state index is -3.45. The average Bonchev–Trinajstić information content (AvgIpc) is 2.14. The lowest BCUT2D eigenvalue weighted by Crippen LogP contribution is -2.37. The summed E-state index contributed by atoms with van der Waals surface area (Å²) in [5.74, 6) is 0. The summed E-state index contributed by atoms with van der Waals surface area (Å²) in [5.41, 5.74) is 0. The first-order chi connectivity index (χ1) is 6.58. The average molecular weight is 219 g/mol. The third-order valence-electron chi connectivity index (χ3n) is 1.74. The Labute approximate surface area is 85.5 Å². The second-order valence-electron chi connectivity index (χ2n) is 2.82. The van der Waals surface area contributed by atoms with E-state index < -0.39 is 15.3 Å². The van der Waals surface area contributed by atoms with Gasteiger partial charge in [-0.05, 0) is 13.0 Å². The molecule has 0 aliphatic rings. The van der Waals surface area contributed by atoms with Crippen molar-refractivity contribution in [2.24, 2.45) is 0 Å². The normalized spacial score (nSPS) is 13.5. The Bertz CT molecular complexity index is 281. The van der Waals surface area contributed by atoms with Crippen LogP contribution < -0.4 is 10.0 Å². The van der Waals surface area contributed by atoms with Crippen LogP contribution in [0.4, 0.5) is 0 Å². The molecule has 0 radical (unpaired) electrons. The van der Waals surface area contributed by atoms with Crippen molar-refractivity contribution in [2.75, 3.05) is 19.6 Å². The molecule has 0 saturated heterocycles. The molecule has 0 fully saturated rings. The Kier molecular flexibility index (Phi) is 6.45. The van der Waals surface area contributed by atoms with E-state index in [0.717, 1.165) is 6.54 Å². The summed E-state index contributed by atoms with van der Waals surface area (Å²) in [4.78, 5) is 0. The zero-order valence-electron chi connectivity index (χ0n) is 8.58. The van der Waals surface area contributed by atoms with Crippen molar-refractivity contribution in [2.45, 2.75) is 25.5 Å². The highest BCUT2D eigenvalue weighted by Gasteiger charge is 2.22. The zero-order valence-corrected chi connectivity index (χ0v) is 9.39. The summed E-state index contributed by atoms with van der Waals surface area (Å²) in [6, 6.07) is 1.76. The van der Waals surface area contributed by atoms with Crippen LogP contribution in [-0.2, 0) is 10.0 Å². The van der Waals surface area contributed by atoms with Gasteiger partial charge in [0.2, 0.25) is 10.0 Å². The molecule has 1 unspecified atom stereocenters. The first-order valence-corrected chi connectivity index (χ1v) is 6.21. The van der Waals surface area contributed by atoms with E-state index in [9.17, 15) is 8.42 Å². The zero-order chi connectivity index (χ0) is 11.0. The van der Waals surface area contributed by atoms with Gasteiger partial charge in [-0.3, -0.25) is 0 Å². The highest BCUT2D eigenvalue weighted by Crippen LogP contribution is 2.01. The third-order valence-corrected chi connectivity index (χ3v) is 3.54. The SMILES string of the molecule is CCNCCNS(=O)(=O)C(C#N)CC. The topological polar surface area (TPSA) is 82.0 Å². The fourth-order valence-electron chi connectivity index (χ4n) is 0.939. The molecule has 5 nitrogen and oxygen atoms in total. The van der Waals surface area contributed by atoms with Gasteiger partial charge in [0.1, 0.15) is 0 Å². The number of rotatable bonds is 7. The number of likely N-dealkylation sites (N-methyl/N-ethyl adjacent to an activating group) is 1. The van der Waals surface area contributed by atoms with E-state index in [0.29, 0.717) is 19.5 Å². The largest absolute Gasteiger partial charge is 0.316 e. The molecule has 0 saturated carbocycles. The van der Waals surface area contributed by atoms with Crippen LogP contribution in [0.15, 0.2) is 0 Å². The fourth-order valence-corrected chi connectivity index (χ4v) is 2.10. The smallest absolute Gasteiger partial charge is 0.228 e. The molecule has 14 heavy (non-hydrogen) atoms. The Hall–Kier alpha value is -0.640. The molecule has 0 bridgehead atoms. The van der Waals surface area contributed by atoms with Crippen LogP contribution in [0, 0.1) is 11.3 Å². The van der Waals surface area contributed by atoms with Crippen LogP contribution >= 0.6 is 0 Å². The molecule has 0 aromatic carbocycles. The minimum absolute atomic E-state index is 0.313. The van der Waals surface area contributed by atoms with Gasteiger partial charge < -0.3 is 5.32 Å². The van der Waals surface area contributed by atoms with Crippen LogP contribution in [0.5, 0.6) is 0 Å². The highest BCUT2D eigenvalue weighted by atomic mass is 32.2. The van der Waals surface area contributed by atoms with E-state index in [1.165, 1.54) is 0 Å². The van der Waals surface area contributed by atoms with E-state index in [2.05, 4.69) is 10.0 Å². The number of nitriles is 1. The molecule has 6 heteroatoms. The maximum atomic E-state index is 11.4. The lowest BCUT2D eigenvalue weighted by Gasteiger charge is -2.09. The van der Waals surface area contributed by atoms with Crippen molar-refractivity contribution in [3.63, 3.8) is 0 Å². The van der Waals surface area contributed by atoms with Gasteiger partial charge in [-0.1, -0.05) is 13.8 Å². The molecule has 0 aromatic heterocycles. The first kappa shape index (κ1) is 13.4. The highest BCUT2D eigenvalue weighted by molar-refractivity contribution is 7.90. The van der Waals surface area contributed by atoms with Gasteiger partial charge in [-0.15, -0.1) is 0 Å². The fraction of sp³-hybridized carbons (Fsp3) is 0.875. The molecule has 0 heterocycles. The van der Waals surface area contributed by atoms with Gasteiger partial charge in [-0.2, -0.15) is 5.26 Å². The summed E-state index contributed by atoms with van der Waals surface area (Å²) in [6.45, 7) is 5.33. The van der Waals surface area contributed by atoms with Crippen LogP contribution in [0.3, 0.4) is 0 Å². The number of hydrogen-bond acceptors (Lipinski definition) is 4. The van der Waals surface area contributed by atoms with Crippen molar-refractivity contribution in [3.8, 4) is 6.07 Å². The van der Waals surface area contributed by atoms with Crippen molar-refractivity contribution < 1.29 is 8.42 Å². The van der Waals surface area contributed by atoms with Crippen molar-refractivity contribution in [3.05, 3.63) is 0 Å². The standard InChI is InChI=1S/C8H17N3O2S/c1-3-8(7-9)14(12,13)11-6-5-10-4-2/h8,10-11H,3-6H2,1-2H3. The summed E-state index contributed by atoms with van der Waals surface area (Å²) in [6.07, 6.45) is 0.313. The molecule has 0 spiro atoms. The molecule has 0 aliphatic carbocycles.